The maximum Gasteiger partial charge on any atom is 0.131 e. The number of rotatable bonds is 3. The van der Waals surface area contributed by atoms with Gasteiger partial charge in [-0.25, -0.2) is 0 Å². The van der Waals surface area contributed by atoms with Crippen LogP contribution in [0.15, 0.2) is 42.5 Å². The van der Waals surface area contributed by atoms with E-state index >= 15 is 0 Å². The van der Waals surface area contributed by atoms with Crippen molar-refractivity contribution in [3.8, 4) is 11.5 Å². The van der Waals surface area contributed by atoms with Crippen molar-refractivity contribution >= 4 is 0 Å². The SMILES string of the molecule is Cc1cc(O)[c]c(OCc2ccccc2)c1. The van der Waals surface area contributed by atoms with Gasteiger partial charge in [-0.15, -0.1) is 0 Å². The number of phenols is 1. The first-order valence-corrected chi connectivity index (χ1v) is 5.14. The lowest BCUT2D eigenvalue weighted by atomic mass is 10.2. The Kier molecular flexibility index (Phi) is 3.10. The van der Waals surface area contributed by atoms with E-state index in [0.29, 0.717) is 12.4 Å². The Morgan fingerprint density at radius 3 is 2.62 bits per heavy atom. The van der Waals surface area contributed by atoms with Crippen LogP contribution in [0.5, 0.6) is 11.5 Å². The Morgan fingerprint density at radius 2 is 1.94 bits per heavy atom. The van der Waals surface area contributed by atoms with E-state index in [9.17, 15) is 5.11 Å². The second-order valence-electron chi connectivity index (χ2n) is 3.68. The van der Waals surface area contributed by atoms with Gasteiger partial charge >= 0.3 is 0 Å². The van der Waals surface area contributed by atoms with Gasteiger partial charge in [0.25, 0.3) is 0 Å². The summed E-state index contributed by atoms with van der Waals surface area (Å²) in [5.41, 5.74) is 2.05. The Labute approximate surface area is 95.1 Å². The van der Waals surface area contributed by atoms with E-state index < -0.39 is 0 Å². The van der Waals surface area contributed by atoms with Gasteiger partial charge in [-0.1, -0.05) is 30.3 Å². The number of phenolic OH excluding ortho intramolecular Hbond substituents is 1. The molecule has 0 heterocycles. The van der Waals surface area contributed by atoms with Crippen molar-refractivity contribution < 1.29 is 9.84 Å². The van der Waals surface area contributed by atoms with Crippen molar-refractivity contribution in [1.82, 2.24) is 0 Å². The minimum atomic E-state index is 0.114. The zero-order valence-corrected chi connectivity index (χ0v) is 9.10. The van der Waals surface area contributed by atoms with E-state index in [-0.39, 0.29) is 5.75 Å². The first-order chi connectivity index (χ1) is 7.74. The molecule has 0 aromatic heterocycles. The van der Waals surface area contributed by atoms with E-state index in [4.69, 9.17) is 4.74 Å². The molecule has 0 fully saturated rings. The smallest absolute Gasteiger partial charge is 0.131 e. The summed E-state index contributed by atoms with van der Waals surface area (Å²) in [7, 11) is 0. The predicted molar refractivity (Wildman–Crippen MR) is 62.5 cm³/mol. The fraction of sp³-hybridized carbons (Fsp3) is 0.143. The zero-order valence-electron chi connectivity index (χ0n) is 9.10. The van der Waals surface area contributed by atoms with E-state index in [0.717, 1.165) is 11.1 Å². The number of ether oxygens (including phenoxy) is 1. The maximum absolute atomic E-state index is 9.36. The minimum absolute atomic E-state index is 0.114. The standard InChI is InChI=1S/C14H13O2/c1-11-7-13(15)9-14(8-11)16-10-12-5-3-2-4-6-12/h2-8,15H,10H2,1H3. The van der Waals surface area contributed by atoms with Crippen LogP contribution in [0, 0.1) is 13.0 Å². The molecule has 2 aromatic rings. The summed E-state index contributed by atoms with van der Waals surface area (Å²) >= 11 is 0. The highest BCUT2D eigenvalue weighted by molar-refractivity contribution is 5.35. The molecule has 0 atom stereocenters. The van der Waals surface area contributed by atoms with E-state index in [2.05, 4.69) is 6.07 Å². The molecular formula is C14H13O2. The van der Waals surface area contributed by atoms with Gasteiger partial charge < -0.3 is 9.84 Å². The van der Waals surface area contributed by atoms with Gasteiger partial charge in [-0.2, -0.15) is 0 Å². The Morgan fingerprint density at radius 1 is 1.19 bits per heavy atom. The molecule has 0 unspecified atom stereocenters. The molecule has 2 heteroatoms. The largest absolute Gasteiger partial charge is 0.507 e. The molecular weight excluding hydrogens is 200 g/mol. The Hall–Kier alpha value is -1.96. The topological polar surface area (TPSA) is 29.5 Å². The van der Waals surface area contributed by atoms with Crippen LogP contribution in [0.1, 0.15) is 11.1 Å². The summed E-state index contributed by atoms with van der Waals surface area (Å²) in [6.45, 7) is 2.39. The average molecular weight is 213 g/mol. The zero-order chi connectivity index (χ0) is 11.4. The van der Waals surface area contributed by atoms with Gasteiger partial charge in [0.2, 0.25) is 0 Å². The molecule has 2 nitrogen and oxygen atoms in total. The number of benzene rings is 2. The third-order valence-electron chi connectivity index (χ3n) is 2.21. The highest BCUT2D eigenvalue weighted by Crippen LogP contribution is 2.21. The summed E-state index contributed by atoms with van der Waals surface area (Å²) in [4.78, 5) is 0. The van der Waals surface area contributed by atoms with E-state index in [1.54, 1.807) is 6.07 Å². The predicted octanol–water partition coefficient (Wildman–Crippen LogP) is 3.08. The first-order valence-electron chi connectivity index (χ1n) is 5.14. The van der Waals surface area contributed by atoms with Gasteiger partial charge in [0.1, 0.15) is 18.1 Å². The molecule has 0 amide bonds. The van der Waals surface area contributed by atoms with Crippen LogP contribution < -0.4 is 4.74 Å². The fourth-order valence-electron chi connectivity index (χ4n) is 1.48. The van der Waals surface area contributed by atoms with Crippen molar-refractivity contribution in [3.63, 3.8) is 0 Å². The molecule has 0 saturated heterocycles. The van der Waals surface area contributed by atoms with Gasteiger partial charge in [0.05, 0.1) is 6.07 Å². The van der Waals surface area contributed by atoms with Crippen LogP contribution in [0.4, 0.5) is 0 Å². The second kappa shape index (κ2) is 4.71. The molecule has 2 rings (SSSR count). The van der Waals surface area contributed by atoms with Gasteiger partial charge in [-0.05, 0) is 30.2 Å². The van der Waals surface area contributed by atoms with Crippen molar-refractivity contribution in [2.75, 3.05) is 0 Å². The molecule has 2 aromatic carbocycles. The molecule has 0 saturated carbocycles. The number of aromatic hydroxyl groups is 1. The van der Waals surface area contributed by atoms with E-state index in [1.807, 2.05) is 43.3 Å². The maximum atomic E-state index is 9.36. The first kappa shape index (κ1) is 10.6. The summed E-state index contributed by atoms with van der Waals surface area (Å²) in [5.74, 6) is 0.685. The van der Waals surface area contributed by atoms with Crippen molar-refractivity contribution in [3.05, 3.63) is 59.7 Å². The minimum Gasteiger partial charge on any atom is -0.507 e. The summed E-state index contributed by atoms with van der Waals surface area (Å²) in [6.07, 6.45) is 0. The summed E-state index contributed by atoms with van der Waals surface area (Å²) < 4.78 is 5.54. The summed E-state index contributed by atoms with van der Waals surface area (Å²) in [5, 5.41) is 9.36. The quantitative estimate of drug-likeness (QED) is 0.849. The molecule has 0 spiro atoms. The molecule has 0 aliphatic heterocycles. The monoisotopic (exact) mass is 213 g/mol. The second-order valence-corrected chi connectivity index (χ2v) is 3.68. The lowest BCUT2D eigenvalue weighted by molar-refractivity contribution is 0.303. The normalized spacial score (nSPS) is 10.1. The highest BCUT2D eigenvalue weighted by atomic mass is 16.5. The third kappa shape index (κ3) is 2.76. The highest BCUT2D eigenvalue weighted by Gasteiger charge is 1.99. The Balaban J connectivity index is 2.05. The van der Waals surface area contributed by atoms with Crippen molar-refractivity contribution in [2.24, 2.45) is 0 Å². The summed E-state index contributed by atoms with van der Waals surface area (Å²) in [6, 6.07) is 16.1. The molecule has 0 aliphatic carbocycles. The Bertz CT molecular complexity index is 443. The van der Waals surface area contributed by atoms with E-state index in [1.165, 1.54) is 0 Å². The van der Waals surface area contributed by atoms with Crippen LogP contribution in [0.3, 0.4) is 0 Å². The van der Waals surface area contributed by atoms with Gasteiger partial charge in [0.15, 0.2) is 0 Å². The average Bonchev–Trinajstić information content (AvgIpc) is 2.27. The number of hydrogen-bond acceptors (Lipinski definition) is 2. The van der Waals surface area contributed by atoms with Crippen molar-refractivity contribution in [2.45, 2.75) is 13.5 Å². The lowest BCUT2D eigenvalue weighted by Crippen LogP contribution is -1.95. The van der Waals surface area contributed by atoms with Crippen LogP contribution in [0.2, 0.25) is 0 Å². The van der Waals surface area contributed by atoms with Crippen LogP contribution in [0.25, 0.3) is 0 Å². The number of hydrogen-bond donors (Lipinski definition) is 1. The lowest BCUT2D eigenvalue weighted by Gasteiger charge is -2.07. The van der Waals surface area contributed by atoms with Gasteiger partial charge in [0, 0.05) is 0 Å². The van der Waals surface area contributed by atoms with Crippen LogP contribution in [-0.4, -0.2) is 5.11 Å². The van der Waals surface area contributed by atoms with Crippen LogP contribution in [-0.2, 0) is 6.61 Å². The molecule has 16 heavy (non-hydrogen) atoms. The van der Waals surface area contributed by atoms with Gasteiger partial charge in [-0.3, -0.25) is 0 Å². The number of aryl methyl sites for hydroxylation is 1. The molecule has 0 aliphatic rings. The third-order valence-corrected chi connectivity index (χ3v) is 2.21. The van der Waals surface area contributed by atoms with Crippen LogP contribution >= 0.6 is 0 Å². The fourth-order valence-corrected chi connectivity index (χ4v) is 1.48. The van der Waals surface area contributed by atoms with Crippen molar-refractivity contribution in [1.29, 1.82) is 0 Å². The molecule has 0 bridgehead atoms. The molecule has 1 radical (unpaired) electrons. The molecule has 1 N–H and O–H groups in total. The molecule has 81 valence electrons.